The van der Waals surface area contributed by atoms with Crippen molar-refractivity contribution < 1.29 is 8.22 Å². The largest absolute Gasteiger partial charge is 0.359 e. The second-order valence-corrected chi connectivity index (χ2v) is 21.7. The van der Waals surface area contributed by atoms with Crippen LogP contribution in [0, 0.1) is 34.6 Å². The zero-order valence-corrected chi connectivity index (χ0v) is 50.4. The van der Waals surface area contributed by atoms with Crippen molar-refractivity contribution in [3.05, 3.63) is 265 Å². The Kier molecular flexibility index (Phi) is 16.1. The lowest BCUT2D eigenvalue weighted by molar-refractivity contribution is 0.383. The van der Waals surface area contributed by atoms with Gasteiger partial charge in [0, 0.05) is 108 Å². The van der Waals surface area contributed by atoms with Crippen LogP contribution in [-0.4, -0.2) is 68.7 Å². The molecule has 5 unspecified atom stereocenters. The van der Waals surface area contributed by atoms with Crippen molar-refractivity contribution in [1.82, 2.24) is 9.80 Å². The first-order valence-corrected chi connectivity index (χ1v) is 28.8. The van der Waals surface area contributed by atoms with Gasteiger partial charge in [0.15, 0.2) is 0 Å². The molecule has 0 bridgehead atoms. The van der Waals surface area contributed by atoms with Crippen molar-refractivity contribution in [3.8, 4) is 0 Å². The van der Waals surface area contributed by atoms with E-state index in [0.29, 0.717) is 18.5 Å². The van der Waals surface area contributed by atoms with Crippen LogP contribution in [0.1, 0.15) is 70.7 Å². The number of rotatable bonds is 6. The molecular weight excluding hydrogens is 1020 g/mol. The van der Waals surface area contributed by atoms with E-state index in [0.717, 1.165) is 33.9 Å². The third-order valence-corrected chi connectivity index (χ3v) is 16.4. The molecule has 13 rings (SSSR count). The molecule has 8 aromatic rings. The first kappa shape index (κ1) is 50.9. The molecule has 0 spiro atoms. The molecule has 0 amide bonds. The fraction of sp³-hybridized carbons (Fsp3) is 0.260. The average Bonchev–Trinajstić information content (AvgIpc) is 1.70. The van der Waals surface area contributed by atoms with Gasteiger partial charge in [-0.25, -0.2) is 0 Å². The number of hydrogen-bond donors (Lipinski definition) is 0. The number of para-hydroxylation sites is 10. The predicted octanol–water partition coefficient (Wildman–Crippen LogP) is 17.1. The van der Waals surface area contributed by atoms with Gasteiger partial charge in [0.2, 0.25) is 0 Å². The Bertz CT molecular complexity index is 3750. The summed E-state index contributed by atoms with van der Waals surface area (Å²) in [5, 5.41) is 0. The van der Waals surface area contributed by atoms with E-state index < -0.39 is 14.0 Å². The molecule has 0 N–H and O–H groups in total. The Morgan fingerprint density at radius 2 is 0.566 bits per heavy atom. The molecule has 0 aromatic heterocycles. The number of fused-ring (bicyclic) bond motifs is 2. The number of aryl methyl sites for hydroxylation is 5. The van der Waals surface area contributed by atoms with Crippen molar-refractivity contribution in [2.24, 2.45) is 0 Å². The summed E-state index contributed by atoms with van der Waals surface area (Å²) in [6.45, 7) is 16.8. The van der Waals surface area contributed by atoms with Crippen LogP contribution in [0.4, 0.5) is 56.9 Å². The first-order chi connectivity index (χ1) is 42.5. The van der Waals surface area contributed by atoms with Crippen LogP contribution in [-0.2, 0) is 0 Å². The van der Waals surface area contributed by atoms with Gasteiger partial charge in [0.25, 0.3) is 0 Å². The van der Waals surface area contributed by atoms with Crippen molar-refractivity contribution >= 4 is 56.9 Å². The van der Waals surface area contributed by atoms with E-state index >= 15 is 0 Å². The topological polar surface area (TPSA) is 32.4 Å². The van der Waals surface area contributed by atoms with Gasteiger partial charge in [0.1, 0.15) is 30.8 Å². The summed E-state index contributed by atoms with van der Waals surface area (Å²) >= 11 is 0. The van der Waals surface area contributed by atoms with E-state index in [4.69, 9.17) is 8.22 Å². The first-order valence-electron chi connectivity index (χ1n) is 31.8. The molecule has 0 radical (unpaired) electrons. The fourth-order valence-corrected chi connectivity index (χ4v) is 11.2. The molecule has 0 fully saturated rings. The van der Waals surface area contributed by atoms with Crippen molar-refractivity contribution in [2.75, 3.05) is 67.2 Å². The third kappa shape index (κ3) is 12.6. The van der Waals surface area contributed by atoms with Crippen molar-refractivity contribution in [1.29, 1.82) is 0 Å². The SMILES string of the molecule is Cc1ccccc1N1C=CN(C)C1C.Cc1ccccc1N1C=CN(c2ccccc2)C1C.Cc1ccccc1N1c2ccccc2N(C)C1C.[2H]C([2H])([2H])N1C=CN(c2ccccc2C)C1C.[2H]C([2H])([2H])N1c2ccccc2N(c2ccccc2C)C1C. The molecule has 5 aliphatic heterocycles. The molecule has 428 valence electrons. The van der Waals surface area contributed by atoms with Crippen LogP contribution in [0.15, 0.2) is 237 Å². The van der Waals surface area contributed by atoms with Crippen LogP contribution in [0.25, 0.3) is 0 Å². The van der Waals surface area contributed by atoms with Crippen molar-refractivity contribution in [2.45, 2.75) is 100 Å². The number of nitrogens with zero attached hydrogens (tertiary/aromatic N) is 10. The molecule has 8 aromatic carbocycles. The predicted molar refractivity (Wildman–Crippen MR) is 356 cm³/mol. The van der Waals surface area contributed by atoms with Gasteiger partial charge in [-0.1, -0.05) is 133 Å². The summed E-state index contributed by atoms with van der Waals surface area (Å²) in [5.41, 5.74) is 17.7. The van der Waals surface area contributed by atoms with Gasteiger partial charge in [-0.3, -0.25) is 0 Å². The van der Waals surface area contributed by atoms with Gasteiger partial charge in [-0.05, 0) is 164 Å². The van der Waals surface area contributed by atoms with Crippen LogP contribution < -0.4 is 39.2 Å². The normalized spacial score (nSPS) is 20.3. The minimum atomic E-state index is -2.16. The lowest BCUT2D eigenvalue weighted by atomic mass is 10.1. The van der Waals surface area contributed by atoms with Gasteiger partial charge >= 0.3 is 0 Å². The quantitative estimate of drug-likeness (QED) is 0.161. The van der Waals surface area contributed by atoms with E-state index in [1.54, 1.807) is 6.20 Å². The van der Waals surface area contributed by atoms with Gasteiger partial charge in [-0.2, -0.15) is 0 Å². The highest BCUT2D eigenvalue weighted by Gasteiger charge is 2.33. The summed E-state index contributed by atoms with van der Waals surface area (Å²) in [6, 6.07) is 68.3. The van der Waals surface area contributed by atoms with E-state index in [-0.39, 0.29) is 12.3 Å². The smallest absolute Gasteiger partial charge is 0.107 e. The summed E-state index contributed by atoms with van der Waals surface area (Å²) in [4.78, 5) is 20.8. The Morgan fingerprint density at radius 3 is 0.952 bits per heavy atom. The third-order valence-electron chi connectivity index (χ3n) is 16.4. The molecule has 5 aliphatic rings. The molecule has 83 heavy (non-hydrogen) atoms. The standard InChI is InChI=1S/C17H18N2.2C16H18N2.2C12H16N2/c1-14-8-6-7-11-17(14)19-13-12-18(15(19)2)16-9-4-3-5-10-16;2*1-12-8-4-5-9-14(12)18-13(2)17(3)15-10-6-7-11-16(15)18;2*1-10-6-4-5-7-12(10)14-9-8-13(3)11(14)2/h3-13,15H,1-2H3;2*4-11,13H,1-3H3;2*4-9,11H,1-3H3/i;3D3;;3D3;. The molecule has 5 heterocycles. The molecular formula is C73H86N10. The monoisotopic (exact) mass is 1110 g/mol. The average molecular weight is 1110 g/mol. The van der Waals surface area contributed by atoms with E-state index in [1.165, 1.54) is 60.6 Å². The number of anilines is 10. The summed E-state index contributed by atoms with van der Waals surface area (Å²) in [5.74, 6) is 0. The summed E-state index contributed by atoms with van der Waals surface area (Å²) in [6.07, 6.45) is 12.6. The van der Waals surface area contributed by atoms with E-state index in [9.17, 15) is 0 Å². The molecule has 10 nitrogen and oxygen atoms in total. The zero-order chi connectivity index (χ0) is 63.9. The molecule has 0 aliphatic carbocycles. The molecule has 0 saturated heterocycles. The van der Waals surface area contributed by atoms with Gasteiger partial charge in [-0.15, -0.1) is 0 Å². The summed E-state index contributed by atoms with van der Waals surface area (Å²) in [7, 11) is 4.25. The second-order valence-electron chi connectivity index (χ2n) is 21.7. The van der Waals surface area contributed by atoms with Crippen LogP contribution >= 0.6 is 0 Å². The highest BCUT2D eigenvalue weighted by atomic mass is 15.4. The Hall–Kier alpha value is -9.02. The maximum absolute atomic E-state index is 7.83. The molecule has 0 saturated carbocycles. The highest BCUT2D eigenvalue weighted by Crippen LogP contribution is 2.45. The second kappa shape index (κ2) is 26.3. The minimum Gasteiger partial charge on any atom is -0.359 e. The lowest BCUT2D eigenvalue weighted by Crippen LogP contribution is -2.36. The van der Waals surface area contributed by atoms with E-state index in [1.807, 2.05) is 118 Å². The number of hydrogen-bond acceptors (Lipinski definition) is 10. The highest BCUT2D eigenvalue weighted by molar-refractivity contribution is 5.85. The van der Waals surface area contributed by atoms with E-state index in [2.05, 4.69) is 236 Å². The van der Waals surface area contributed by atoms with Crippen LogP contribution in [0.3, 0.4) is 0 Å². The maximum Gasteiger partial charge on any atom is 0.107 e. The summed E-state index contributed by atoms with van der Waals surface area (Å²) < 4.78 is 45.8. The molecule has 10 heteroatoms. The van der Waals surface area contributed by atoms with Crippen LogP contribution in [0.2, 0.25) is 0 Å². The lowest BCUT2D eigenvalue weighted by Gasteiger charge is -2.30. The van der Waals surface area contributed by atoms with Gasteiger partial charge < -0.3 is 49.0 Å². The number of benzene rings is 8. The fourth-order valence-electron chi connectivity index (χ4n) is 11.2. The van der Waals surface area contributed by atoms with Crippen LogP contribution in [0.5, 0.6) is 0 Å². The molecule has 5 atom stereocenters. The van der Waals surface area contributed by atoms with Gasteiger partial charge in [0.05, 0.1) is 22.7 Å². The Balaban J connectivity index is 0.000000133. The Labute approximate surface area is 505 Å². The minimum absolute atomic E-state index is 0.191. The zero-order valence-electron chi connectivity index (χ0n) is 56.4. The van der Waals surface area contributed by atoms with Crippen molar-refractivity contribution in [3.63, 3.8) is 0 Å². The maximum atomic E-state index is 7.83. The Morgan fingerprint density at radius 1 is 0.265 bits per heavy atom.